The summed E-state index contributed by atoms with van der Waals surface area (Å²) in [6, 6.07) is 12.2. The van der Waals surface area contributed by atoms with Gasteiger partial charge in [0, 0.05) is 17.9 Å². The molecule has 12 nitrogen and oxygen atoms in total. The Kier molecular flexibility index (Phi) is 17.5. The number of halogens is 2. The molecule has 0 spiro atoms. The number of rotatable bonds is 14. The van der Waals surface area contributed by atoms with E-state index in [1.54, 1.807) is 48.5 Å². The molecule has 1 heterocycles. The molecular formula is C29H36Cl2N6O6S. The Morgan fingerprint density at radius 1 is 0.909 bits per heavy atom. The molecule has 0 saturated carbocycles. The van der Waals surface area contributed by atoms with Crippen LogP contribution in [0.4, 0.5) is 0 Å². The summed E-state index contributed by atoms with van der Waals surface area (Å²) in [4.78, 5) is 62.1. The number of benzene rings is 2. The second kappa shape index (κ2) is 20.2. The minimum absolute atomic E-state index is 0.182. The maximum absolute atomic E-state index is 13.0. The van der Waals surface area contributed by atoms with Gasteiger partial charge in [-0.25, -0.2) is 4.68 Å². The molecule has 0 aliphatic carbocycles. The van der Waals surface area contributed by atoms with Gasteiger partial charge < -0.3 is 15.7 Å². The maximum atomic E-state index is 13.0. The van der Waals surface area contributed by atoms with Crippen molar-refractivity contribution < 1.29 is 29.1 Å². The van der Waals surface area contributed by atoms with Gasteiger partial charge in [-0.15, -0.1) is 5.10 Å². The van der Waals surface area contributed by atoms with Gasteiger partial charge in [0.1, 0.15) is 6.54 Å². The largest absolute Gasteiger partial charge is 0.481 e. The van der Waals surface area contributed by atoms with Crippen molar-refractivity contribution in [2.24, 2.45) is 5.92 Å². The predicted molar refractivity (Wildman–Crippen MR) is 168 cm³/mol. The van der Waals surface area contributed by atoms with Crippen molar-refractivity contribution in [3.05, 3.63) is 64.1 Å². The fourth-order valence-electron chi connectivity index (χ4n) is 3.47. The first kappa shape index (κ1) is 38.2. The highest BCUT2D eigenvalue weighted by Crippen LogP contribution is 2.37. The number of tetrazole rings is 1. The normalized spacial score (nSPS) is 11.4. The highest BCUT2D eigenvalue weighted by atomic mass is 35.5. The van der Waals surface area contributed by atoms with Gasteiger partial charge >= 0.3 is 5.97 Å². The number of nitrogens with one attached hydrogen (secondary N) is 2. The number of carbonyl (C=O) groups is 5. The number of carboxylic acid groups (broad SMARTS) is 1. The molecule has 3 rings (SSSR count). The molecule has 2 aromatic carbocycles. The van der Waals surface area contributed by atoms with E-state index in [1.165, 1.54) is 6.92 Å². The zero-order valence-electron chi connectivity index (χ0n) is 25.0. The van der Waals surface area contributed by atoms with Gasteiger partial charge in [-0.2, -0.15) is 0 Å². The molecule has 2 unspecified atom stereocenters. The summed E-state index contributed by atoms with van der Waals surface area (Å²) in [6.45, 7) is 8.62. The quantitative estimate of drug-likeness (QED) is 0.218. The number of hydrogen-bond donors (Lipinski definition) is 3. The summed E-state index contributed by atoms with van der Waals surface area (Å²) in [5, 5.41) is 26.3. The van der Waals surface area contributed by atoms with Crippen LogP contribution in [0.15, 0.2) is 58.6 Å². The molecule has 0 fully saturated rings. The molecule has 0 radical (unpaired) electrons. The number of aromatic nitrogens is 4. The van der Waals surface area contributed by atoms with Gasteiger partial charge in [0.25, 0.3) is 5.91 Å². The number of Topliss-reactive ketones (excluding diaryl/α,β-unsaturated/α-hetero) is 2. The van der Waals surface area contributed by atoms with Gasteiger partial charge in [-0.3, -0.25) is 24.0 Å². The summed E-state index contributed by atoms with van der Waals surface area (Å²) < 4.78 is 1.16. The molecule has 15 heteroatoms. The smallest absolute Gasteiger partial charge is 0.304 e. The van der Waals surface area contributed by atoms with E-state index >= 15 is 0 Å². The lowest BCUT2D eigenvalue weighted by molar-refractivity contribution is -0.141. The van der Waals surface area contributed by atoms with Crippen LogP contribution in [0.25, 0.3) is 0 Å². The van der Waals surface area contributed by atoms with Crippen molar-refractivity contribution >= 4 is 64.3 Å². The average Bonchev–Trinajstić information content (AvgIpc) is 3.45. The minimum Gasteiger partial charge on any atom is -0.481 e. The topological polar surface area (TPSA) is 173 Å². The lowest BCUT2D eigenvalue weighted by Gasteiger charge is -2.18. The SMILES string of the molecule is CC.CC.CC(NC(=O)CNC(=O)c1ccccc1)C(=O)CC(CC(=O)O)C(=O)Cn1nnnc1Sc1c(Cl)cccc1Cl. The Bertz CT molecular complexity index is 1390. The molecule has 2 amide bonds. The molecule has 0 saturated heterocycles. The van der Waals surface area contributed by atoms with Gasteiger partial charge in [0.15, 0.2) is 11.6 Å². The van der Waals surface area contributed by atoms with Gasteiger partial charge in [0.05, 0.1) is 33.9 Å². The van der Waals surface area contributed by atoms with Crippen molar-refractivity contribution in [2.45, 2.75) is 70.1 Å². The van der Waals surface area contributed by atoms with Gasteiger partial charge in [-0.1, -0.05) is 75.2 Å². The molecule has 0 aliphatic rings. The van der Waals surface area contributed by atoms with Crippen LogP contribution in [0.1, 0.15) is 57.8 Å². The molecular weight excluding hydrogens is 631 g/mol. The number of carboxylic acids is 1. The third-order valence-corrected chi connectivity index (χ3v) is 7.52. The first-order valence-electron chi connectivity index (χ1n) is 13.8. The average molecular weight is 668 g/mol. The van der Waals surface area contributed by atoms with Crippen molar-refractivity contribution in [3.63, 3.8) is 0 Å². The molecule has 3 aromatic rings. The Morgan fingerprint density at radius 2 is 1.52 bits per heavy atom. The van der Waals surface area contributed by atoms with Crippen molar-refractivity contribution in [1.82, 2.24) is 30.8 Å². The van der Waals surface area contributed by atoms with E-state index in [2.05, 4.69) is 26.2 Å². The van der Waals surface area contributed by atoms with Crippen molar-refractivity contribution in [3.8, 4) is 0 Å². The number of carbonyl (C=O) groups excluding carboxylic acids is 4. The highest BCUT2D eigenvalue weighted by molar-refractivity contribution is 7.99. The van der Waals surface area contributed by atoms with Gasteiger partial charge in [-0.05, 0) is 53.4 Å². The molecule has 3 N–H and O–H groups in total. The highest BCUT2D eigenvalue weighted by Gasteiger charge is 2.29. The molecule has 44 heavy (non-hydrogen) atoms. The van der Waals surface area contributed by atoms with Crippen molar-refractivity contribution in [1.29, 1.82) is 0 Å². The van der Waals surface area contributed by atoms with E-state index in [4.69, 9.17) is 23.2 Å². The predicted octanol–water partition coefficient (Wildman–Crippen LogP) is 4.74. The van der Waals surface area contributed by atoms with Crippen LogP contribution in [0, 0.1) is 5.92 Å². The summed E-state index contributed by atoms with van der Waals surface area (Å²) >= 11 is 13.4. The Balaban J connectivity index is 0.00000232. The van der Waals surface area contributed by atoms with Crippen LogP contribution in [-0.4, -0.2) is 67.3 Å². The Labute approximate surface area is 270 Å². The van der Waals surface area contributed by atoms with Crippen LogP contribution >= 0.6 is 35.0 Å². The van der Waals surface area contributed by atoms with Crippen LogP contribution in [0.2, 0.25) is 10.0 Å². The summed E-state index contributed by atoms with van der Waals surface area (Å²) in [5.74, 6) is -4.72. The number of ketones is 2. The van der Waals surface area contributed by atoms with Crippen LogP contribution in [0.5, 0.6) is 0 Å². The lowest BCUT2D eigenvalue weighted by Crippen LogP contribution is -2.44. The van der Waals surface area contributed by atoms with Gasteiger partial charge in [0.2, 0.25) is 11.1 Å². The minimum atomic E-state index is -1.28. The van der Waals surface area contributed by atoms with Crippen LogP contribution < -0.4 is 10.6 Å². The zero-order chi connectivity index (χ0) is 33.2. The summed E-state index contributed by atoms with van der Waals surface area (Å²) in [5.41, 5.74) is 0.369. The Morgan fingerprint density at radius 3 is 2.11 bits per heavy atom. The molecule has 0 bridgehead atoms. The number of amides is 2. The third kappa shape index (κ3) is 12.4. The third-order valence-electron chi connectivity index (χ3n) is 5.55. The van der Waals surface area contributed by atoms with Crippen molar-refractivity contribution in [2.75, 3.05) is 6.54 Å². The monoisotopic (exact) mass is 666 g/mol. The second-order valence-electron chi connectivity index (χ2n) is 8.54. The fraction of sp³-hybridized carbons (Fsp3) is 0.379. The zero-order valence-corrected chi connectivity index (χ0v) is 27.4. The van der Waals surface area contributed by atoms with Crippen LogP contribution in [-0.2, 0) is 25.7 Å². The number of nitrogens with zero attached hydrogens (tertiary/aromatic N) is 4. The first-order chi connectivity index (χ1) is 21.0. The fourth-order valence-corrected chi connectivity index (χ4v) is 4.90. The molecule has 0 aliphatic heterocycles. The van der Waals surface area contributed by atoms with Crippen LogP contribution in [0.3, 0.4) is 0 Å². The summed E-state index contributed by atoms with van der Waals surface area (Å²) in [6.07, 6.45) is -1.05. The van der Waals surface area contributed by atoms with E-state index in [0.717, 1.165) is 16.4 Å². The Hall–Kier alpha value is -3.81. The lowest BCUT2D eigenvalue weighted by atomic mass is 9.92. The first-order valence-corrected chi connectivity index (χ1v) is 15.4. The van der Waals surface area contributed by atoms with E-state index in [-0.39, 0.29) is 11.7 Å². The maximum Gasteiger partial charge on any atom is 0.304 e. The number of aliphatic carboxylic acids is 1. The molecule has 238 valence electrons. The van der Waals surface area contributed by atoms with E-state index < -0.39 is 60.7 Å². The van der Waals surface area contributed by atoms with E-state index in [0.29, 0.717) is 20.5 Å². The molecule has 1 aromatic heterocycles. The standard InChI is InChI=1S/C25H24Cl2N6O6S.2C2H6/c1-14(29-21(36)12-28-24(39)15-6-3-2-4-7-15)19(34)10-16(11-22(37)38)20(35)13-33-25(30-31-32-33)40-23-17(26)8-5-9-18(23)27;2*1-2/h2-9,14,16H,10-13H2,1H3,(H,28,39)(H,29,36)(H,37,38);2*1-2H3. The second-order valence-corrected chi connectivity index (χ2v) is 10.3. The number of hydrogen-bond acceptors (Lipinski definition) is 9. The van der Waals surface area contributed by atoms with E-state index in [9.17, 15) is 29.1 Å². The summed E-state index contributed by atoms with van der Waals surface area (Å²) in [7, 11) is 0. The molecule has 2 atom stereocenters. The van der Waals surface area contributed by atoms with E-state index in [1.807, 2.05) is 27.7 Å².